The molecule has 10 radical (unpaired) electrons. The molecular weight excluding hydrogens is 450 g/mol. The van der Waals surface area contributed by atoms with Gasteiger partial charge in [-0.1, -0.05) is 62.5 Å². The molecule has 3 saturated carbocycles. The van der Waals surface area contributed by atoms with Crippen LogP contribution in [0.1, 0.15) is 39.5 Å². The molecule has 0 nitrogen and oxygen atoms in total. The Labute approximate surface area is 197 Å². The van der Waals surface area contributed by atoms with Gasteiger partial charge in [0.05, 0.1) is 0 Å². The third kappa shape index (κ3) is 3.80. The van der Waals surface area contributed by atoms with Crippen molar-refractivity contribution >= 4 is 0 Å². The zero-order valence-electron chi connectivity index (χ0n) is 15.7. The minimum absolute atomic E-state index is 0. The van der Waals surface area contributed by atoms with Crippen molar-refractivity contribution in [3.05, 3.63) is 108 Å². The Bertz CT molecular complexity index is 568. The van der Waals surface area contributed by atoms with Crippen LogP contribution in [-0.4, -0.2) is 0 Å². The summed E-state index contributed by atoms with van der Waals surface area (Å²) in [4.78, 5) is 0. The Kier molecular flexibility index (Phi) is 8.33. The first-order valence-corrected chi connectivity index (χ1v) is 9.07. The normalized spacial score (nSPS) is 28.5. The summed E-state index contributed by atoms with van der Waals surface area (Å²) in [6.07, 6.45) is 22.7. The molecule has 0 amide bonds. The summed E-state index contributed by atoms with van der Waals surface area (Å²) >= 11 is 0. The smallest absolute Gasteiger partial charge is 1.00 e. The van der Waals surface area contributed by atoms with Crippen LogP contribution in [0.2, 0.25) is 0 Å². The van der Waals surface area contributed by atoms with Crippen LogP contribution in [0.5, 0.6) is 0 Å². The van der Waals surface area contributed by atoms with Crippen LogP contribution in [0.4, 0.5) is 0 Å². The first-order chi connectivity index (χ1) is 11.8. The quantitative estimate of drug-likeness (QED) is 0.452. The third-order valence-electron chi connectivity index (χ3n) is 6.20. The van der Waals surface area contributed by atoms with E-state index in [1.807, 2.05) is 0 Å². The molecule has 0 aromatic heterocycles. The van der Waals surface area contributed by atoms with E-state index in [-0.39, 0.29) is 51.0 Å². The number of hydrogen-bond donors (Lipinski definition) is 0. The van der Waals surface area contributed by atoms with E-state index in [4.69, 9.17) is 0 Å². The van der Waals surface area contributed by atoms with Gasteiger partial charge in [-0.15, -0.1) is 0 Å². The van der Waals surface area contributed by atoms with Crippen molar-refractivity contribution in [3.63, 3.8) is 0 Å². The van der Waals surface area contributed by atoms with E-state index in [0.717, 1.165) is 0 Å². The van der Waals surface area contributed by atoms with Crippen molar-refractivity contribution in [2.45, 2.75) is 39.5 Å². The van der Waals surface area contributed by atoms with Gasteiger partial charge in [0.15, 0.2) is 0 Å². The van der Waals surface area contributed by atoms with Crippen molar-refractivity contribution in [2.75, 3.05) is 0 Å². The van der Waals surface area contributed by atoms with Crippen LogP contribution in [0.25, 0.3) is 0 Å². The molecule has 134 valence electrons. The zero-order chi connectivity index (χ0) is 16.3. The molecule has 0 heterocycles. The minimum Gasteiger partial charge on any atom is -1.00 e. The van der Waals surface area contributed by atoms with Crippen molar-refractivity contribution in [2.24, 2.45) is 0 Å². The fourth-order valence-corrected chi connectivity index (χ4v) is 5.00. The summed E-state index contributed by atoms with van der Waals surface area (Å²) < 4.78 is 0. The second-order valence-electron chi connectivity index (χ2n) is 7.26. The number of hydrogen-bond acceptors (Lipinski definition) is 0. The summed E-state index contributed by atoms with van der Waals surface area (Å²) in [6.45, 7) is 4.63. The Balaban J connectivity index is 0.000000871. The molecule has 5 aliphatic rings. The van der Waals surface area contributed by atoms with Crippen LogP contribution in [0, 0.1) is 59.2 Å². The van der Waals surface area contributed by atoms with Gasteiger partial charge in [-0.05, 0) is 61.2 Å². The summed E-state index contributed by atoms with van der Waals surface area (Å²) in [5.74, 6) is 15.4. The van der Waals surface area contributed by atoms with Crippen LogP contribution in [0.3, 0.4) is 0 Å². The fraction of sp³-hybridized carbons (Fsp3) is 0.250. The topological polar surface area (TPSA) is 0 Å². The van der Waals surface area contributed by atoms with Crippen LogP contribution in [-0.2, 0) is 26.2 Å². The van der Waals surface area contributed by atoms with Gasteiger partial charge < -0.3 is 24.8 Å². The molecule has 0 spiro atoms. The maximum Gasteiger partial charge on any atom is 4.00 e. The molecule has 3 fully saturated rings. The van der Waals surface area contributed by atoms with Gasteiger partial charge in [0.2, 0.25) is 0 Å². The number of allylic oxidation sites excluding steroid dienone is 8. The van der Waals surface area contributed by atoms with E-state index in [1.165, 1.54) is 61.2 Å². The molecule has 5 rings (SSSR count). The average Bonchev–Trinajstić information content (AvgIpc) is 3.01. The fourth-order valence-electron chi connectivity index (χ4n) is 5.00. The molecule has 3 heteroatoms. The van der Waals surface area contributed by atoms with E-state index >= 15 is 0 Å². The van der Waals surface area contributed by atoms with E-state index in [9.17, 15) is 0 Å². The zero-order valence-corrected chi connectivity index (χ0v) is 19.7. The van der Waals surface area contributed by atoms with E-state index < -0.39 is 0 Å². The molecule has 0 aliphatic heterocycles. The van der Waals surface area contributed by atoms with Gasteiger partial charge in [0.1, 0.15) is 0 Å². The van der Waals surface area contributed by atoms with Crippen LogP contribution < -0.4 is 24.8 Å². The maximum atomic E-state index is 2.32. The van der Waals surface area contributed by atoms with Gasteiger partial charge >= 0.3 is 26.2 Å². The summed E-state index contributed by atoms with van der Waals surface area (Å²) in [7, 11) is 0. The Morgan fingerprint density at radius 3 is 1.15 bits per heavy atom. The minimum atomic E-state index is 0. The molecule has 0 saturated heterocycles. The largest absolute Gasteiger partial charge is 4.00 e. The molecular formula is C24H22Cl2Zr+2. The molecule has 0 bridgehead atoms. The van der Waals surface area contributed by atoms with Gasteiger partial charge in [0.25, 0.3) is 0 Å². The summed E-state index contributed by atoms with van der Waals surface area (Å²) in [5.41, 5.74) is 0. The van der Waals surface area contributed by atoms with Gasteiger partial charge in [-0.2, -0.15) is 0 Å². The predicted molar refractivity (Wildman–Crippen MR) is 98.8 cm³/mol. The Morgan fingerprint density at radius 1 is 0.481 bits per heavy atom. The number of fused-ring (bicyclic) bond motifs is 6. The monoisotopic (exact) mass is 470 g/mol. The Hall–Kier alpha value is 0.423. The van der Waals surface area contributed by atoms with Crippen LogP contribution in [0.15, 0.2) is 48.6 Å². The van der Waals surface area contributed by atoms with Gasteiger partial charge in [0, 0.05) is 23.7 Å². The molecule has 0 aromatic rings. The molecule has 0 unspecified atom stereocenters. The first-order valence-electron chi connectivity index (χ1n) is 9.07. The molecule has 0 N–H and O–H groups in total. The predicted octanol–water partition coefficient (Wildman–Crippen LogP) is -0.370. The van der Waals surface area contributed by atoms with Crippen LogP contribution >= 0.6 is 0 Å². The van der Waals surface area contributed by atoms with Gasteiger partial charge in [-0.3, -0.25) is 0 Å². The Morgan fingerprint density at radius 2 is 0.778 bits per heavy atom. The van der Waals surface area contributed by atoms with E-state index in [2.05, 4.69) is 62.5 Å². The second kappa shape index (κ2) is 9.49. The molecule has 0 aromatic carbocycles. The standard InChI is InChI=1S/C24H22.2ClH.Zr/c1-15-17-7-3-5-9-21(17)23-14-12-20-16(2)18-8-4-6-10-22(18)24(20)13-11-19(15)23;;;/h3-10H,11-14H2,1-2H3;2*1H;/q;;;+4/p-2. The van der Waals surface area contributed by atoms with Gasteiger partial charge in [-0.25, -0.2) is 0 Å². The third-order valence-corrected chi connectivity index (χ3v) is 6.20. The van der Waals surface area contributed by atoms with Crippen molar-refractivity contribution < 1.29 is 51.0 Å². The van der Waals surface area contributed by atoms with Crippen molar-refractivity contribution in [3.8, 4) is 0 Å². The number of rotatable bonds is 0. The van der Waals surface area contributed by atoms with Crippen molar-refractivity contribution in [1.82, 2.24) is 0 Å². The SMILES string of the molecule is C[C]1[C]2C=CC=C[C]2[C]2CC[C]3[C](C)[C]4C=CC=C[C]4[C]3CC[C]12.[Cl-].[Cl-].[Zr+4]. The summed E-state index contributed by atoms with van der Waals surface area (Å²) in [6, 6.07) is 0. The molecule has 0 atom stereocenters. The van der Waals surface area contributed by atoms with E-state index in [0.29, 0.717) is 0 Å². The molecule has 27 heavy (non-hydrogen) atoms. The average molecular weight is 473 g/mol. The van der Waals surface area contributed by atoms with Crippen molar-refractivity contribution in [1.29, 1.82) is 0 Å². The van der Waals surface area contributed by atoms with E-state index in [1.54, 1.807) is 23.7 Å². The second-order valence-corrected chi connectivity index (χ2v) is 7.26. The maximum absolute atomic E-state index is 2.32. The number of halogens is 2. The first kappa shape index (κ1) is 23.7. The molecule has 5 aliphatic carbocycles. The summed E-state index contributed by atoms with van der Waals surface area (Å²) in [5, 5.41) is 0.